The third kappa shape index (κ3) is 3.97. The average Bonchev–Trinajstić information content (AvgIpc) is 3.12. The van der Waals surface area contributed by atoms with Crippen molar-refractivity contribution in [3.8, 4) is 11.1 Å². The van der Waals surface area contributed by atoms with Gasteiger partial charge in [-0.05, 0) is 42.0 Å². The third-order valence-corrected chi connectivity index (χ3v) is 6.07. The lowest BCUT2D eigenvalue weighted by molar-refractivity contribution is 0.638. The number of nitrogens with zero attached hydrogens (tertiary/aromatic N) is 3. The minimum atomic E-state index is 0.527. The van der Waals surface area contributed by atoms with Crippen molar-refractivity contribution in [2.45, 2.75) is 39.2 Å². The van der Waals surface area contributed by atoms with Crippen LogP contribution in [-0.2, 0) is 13.0 Å². The molecule has 0 bridgehead atoms. The lowest BCUT2D eigenvalue weighted by atomic mass is 10.0. The van der Waals surface area contributed by atoms with Crippen molar-refractivity contribution >= 4 is 39.5 Å². The highest BCUT2D eigenvalue weighted by Crippen LogP contribution is 2.32. The molecule has 150 valence electrons. The van der Waals surface area contributed by atoms with E-state index in [9.17, 15) is 0 Å². The van der Waals surface area contributed by atoms with Gasteiger partial charge >= 0.3 is 0 Å². The second-order valence-electron chi connectivity index (χ2n) is 7.42. The summed E-state index contributed by atoms with van der Waals surface area (Å²) in [5, 5.41) is 1.13. The number of aromatic nitrogens is 3. The molecule has 0 atom stereocenters. The molecular weight excluding hydrogens is 376 g/mol. The van der Waals surface area contributed by atoms with Gasteiger partial charge in [0.25, 0.3) is 0 Å². The Morgan fingerprint density at radius 2 is 1.83 bits per heavy atom. The van der Waals surface area contributed by atoms with Gasteiger partial charge in [-0.3, -0.25) is 0 Å². The fourth-order valence-electron chi connectivity index (χ4n) is 3.90. The van der Waals surface area contributed by atoms with Crippen LogP contribution in [0.1, 0.15) is 32.0 Å². The van der Waals surface area contributed by atoms with E-state index in [-0.39, 0.29) is 0 Å². The second-order valence-corrected chi connectivity index (χ2v) is 8.41. The Morgan fingerprint density at radius 3 is 2.59 bits per heavy atom. The minimum Gasteiger partial charge on any atom is -0.382 e. The maximum Gasteiger partial charge on any atom is 0.152 e. The standard InChI is InChI=1S/C24H28N4S/c1-3-4-11-21-27-22-23(28(21)14-8-15-29-2)19-13-12-18(16-20(19)26-24(22)25)17-9-6-5-7-10-17/h5-7,9-10,12-13,16H,3-4,8,11,14-15H2,1-2H3,(H2,25,26). The number of thioether (sulfide) groups is 1. The highest BCUT2D eigenvalue weighted by Gasteiger charge is 2.17. The van der Waals surface area contributed by atoms with Gasteiger partial charge in [0.05, 0.1) is 11.0 Å². The molecule has 4 rings (SSSR count). The summed E-state index contributed by atoms with van der Waals surface area (Å²) in [4.78, 5) is 9.65. The molecule has 2 aromatic carbocycles. The molecule has 0 saturated carbocycles. The molecule has 0 aliphatic carbocycles. The summed E-state index contributed by atoms with van der Waals surface area (Å²) < 4.78 is 2.39. The Hall–Kier alpha value is -2.53. The zero-order valence-electron chi connectivity index (χ0n) is 17.2. The van der Waals surface area contributed by atoms with Gasteiger partial charge in [0.2, 0.25) is 0 Å². The number of rotatable bonds is 8. The molecule has 0 unspecified atom stereocenters. The Balaban J connectivity index is 1.89. The summed E-state index contributed by atoms with van der Waals surface area (Å²) in [6, 6.07) is 16.9. The van der Waals surface area contributed by atoms with Crippen LogP contribution in [0.2, 0.25) is 0 Å². The molecule has 5 heteroatoms. The third-order valence-electron chi connectivity index (χ3n) is 5.37. The molecule has 0 aliphatic rings. The van der Waals surface area contributed by atoms with Gasteiger partial charge in [-0.25, -0.2) is 9.97 Å². The topological polar surface area (TPSA) is 56.7 Å². The number of nitrogen functional groups attached to an aromatic ring is 1. The second kappa shape index (κ2) is 8.87. The van der Waals surface area contributed by atoms with Gasteiger partial charge in [0, 0.05) is 18.4 Å². The highest BCUT2D eigenvalue weighted by atomic mass is 32.2. The molecule has 0 saturated heterocycles. The molecular formula is C24H28N4S. The summed E-state index contributed by atoms with van der Waals surface area (Å²) in [5.41, 5.74) is 11.6. The maximum absolute atomic E-state index is 6.39. The Kier molecular flexibility index (Phi) is 6.05. The van der Waals surface area contributed by atoms with E-state index in [1.54, 1.807) is 0 Å². The van der Waals surface area contributed by atoms with E-state index in [1.165, 1.54) is 5.56 Å². The van der Waals surface area contributed by atoms with Gasteiger partial charge in [-0.15, -0.1) is 0 Å². The highest BCUT2D eigenvalue weighted by molar-refractivity contribution is 7.98. The number of hydrogen-bond acceptors (Lipinski definition) is 4. The van der Waals surface area contributed by atoms with Crippen molar-refractivity contribution in [2.75, 3.05) is 17.7 Å². The minimum absolute atomic E-state index is 0.527. The zero-order chi connectivity index (χ0) is 20.2. The number of fused-ring (bicyclic) bond motifs is 3. The van der Waals surface area contributed by atoms with Gasteiger partial charge in [0.15, 0.2) is 5.82 Å². The van der Waals surface area contributed by atoms with Gasteiger partial charge in [0.1, 0.15) is 11.3 Å². The number of nitrogens with two attached hydrogens (primary N) is 1. The summed E-state index contributed by atoms with van der Waals surface area (Å²) in [5.74, 6) is 2.80. The number of unbranched alkanes of at least 4 members (excludes halogenated alkanes) is 1. The average molecular weight is 405 g/mol. The molecule has 2 N–H and O–H groups in total. The maximum atomic E-state index is 6.39. The Morgan fingerprint density at radius 1 is 1.00 bits per heavy atom. The summed E-state index contributed by atoms with van der Waals surface area (Å²) in [7, 11) is 0. The molecule has 0 fully saturated rings. The fourth-order valence-corrected chi connectivity index (χ4v) is 4.32. The van der Waals surface area contributed by atoms with Crippen molar-refractivity contribution in [1.82, 2.24) is 14.5 Å². The van der Waals surface area contributed by atoms with Gasteiger partial charge < -0.3 is 10.3 Å². The molecule has 29 heavy (non-hydrogen) atoms. The Labute approximate surface area is 176 Å². The predicted octanol–water partition coefficient (Wildman–Crippen LogP) is 5.93. The lowest BCUT2D eigenvalue weighted by Crippen LogP contribution is -2.05. The number of hydrogen-bond donors (Lipinski definition) is 1. The molecule has 4 nitrogen and oxygen atoms in total. The van der Waals surface area contributed by atoms with E-state index in [1.807, 2.05) is 17.8 Å². The van der Waals surface area contributed by atoms with Crippen LogP contribution in [0, 0.1) is 0 Å². The van der Waals surface area contributed by atoms with Crippen molar-refractivity contribution in [2.24, 2.45) is 0 Å². The van der Waals surface area contributed by atoms with E-state index in [0.29, 0.717) is 5.82 Å². The van der Waals surface area contributed by atoms with Crippen molar-refractivity contribution in [3.63, 3.8) is 0 Å². The van der Waals surface area contributed by atoms with Crippen molar-refractivity contribution in [3.05, 3.63) is 54.4 Å². The number of anilines is 1. The first-order chi connectivity index (χ1) is 14.2. The van der Waals surface area contributed by atoms with E-state index >= 15 is 0 Å². The van der Waals surface area contributed by atoms with E-state index in [4.69, 9.17) is 15.7 Å². The van der Waals surface area contributed by atoms with Crippen LogP contribution in [-0.4, -0.2) is 26.5 Å². The van der Waals surface area contributed by atoms with Crippen LogP contribution in [0.25, 0.3) is 33.1 Å². The van der Waals surface area contributed by atoms with Gasteiger partial charge in [-0.1, -0.05) is 55.8 Å². The summed E-state index contributed by atoms with van der Waals surface area (Å²) >= 11 is 1.89. The lowest BCUT2D eigenvalue weighted by Gasteiger charge is -2.11. The van der Waals surface area contributed by atoms with E-state index in [2.05, 4.69) is 60.2 Å². The SMILES string of the molecule is CCCCc1nc2c(N)nc3cc(-c4ccccc4)ccc3c2n1CCCSC. The number of pyridine rings is 1. The molecule has 0 amide bonds. The van der Waals surface area contributed by atoms with Crippen molar-refractivity contribution in [1.29, 1.82) is 0 Å². The molecule has 0 spiro atoms. The first kappa shape index (κ1) is 19.8. The first-order valence-electron chi connectivity index (χ1n) is 10.4. The molecule has 0 aliphatic heterocycles. The first-order valence-corrected chi connectivity index (χ1v) is 11.7. The predicted molar refractivity (Wildman–Crippen MR) is 126 cm³/mol. The van der Waals surface area contributed by atoms with Crippen molar-refractivity contribution < 1.29 is 0 Å². The molecule has 0 radical (unpaired) electrons. The quantitative estimate of drug-likeness (QED) is 0.370. The van der Waals surface area contributed by atoms with Crippen LogP contribution in [0.5, 0.6) is 0 Å². The molecule has 2 heterocycles. The van der Waals surface area contributed by atoms with Crippen LogP contribution in [0.15, 0.2) is 48.5 Å². The van der Waals surface area contributed by atoms with Crippen LogP contribution in [0.4, 0.5) is 5.82 Å². The fraction of sp³-hybridized carbons (Fsp3) is 0.333. The monoisotopic (exact) mass is 404 g/mol. The van der Waals surface area contributed by atoms with Crippen LogP contribution < -0.4 is 5.73 Å². The molecule has 2 aromatic heterocycles. The van der Waals surface area contributed by atoms with E-state index < -0.39 is 0 Å². The normalized spacial score (nSPS) is 11.5. The van der Waals surface area contributed by atoms with E-state index in [0.717, 1.165) is 71.3 Å². The number of benzene rings is 2. The summed E-state index contributed by atoms with van der Waals surface area (Å²) in [6.07, 6.45) is 6.55. The zero-order valence-corrected chi connectivity index (χ0v) is 18.0. The smallest absolute Gasteiger partial charge is 0.152 e. The molecule has 4 aromatic rings. The Bertz CT molecular complexity index is 1120. The van der Waals surface area contributed by atoms with Crippen LogP contribution in [0.3, 0.4) is 0 Å². The number of aryl methyl sites for hydroxylation is 2. The largest absolute Gasteiger partial charge is 0.382 e. The number of imidazole rings is 1. The van der Waals surface area contributed by atoms with Gasteiger partial charge in [-0.2, -0.15) is 11.8 Å². The summed E-state index contributed by atoms with van der Waals surface area (Å²) in [6.45, 7) is 3.19. The van der Waals surface area contributed by atoms with Crippen LogP contribution >= 0.6 is 11.8 Å².